The number of benzene rings is 2. The Morgan fingerprint density at radius 1 is 1.28 bits per heavy atom. The van der Waals surface area contributed by atoms with Gasteiger partial charge in [0, 0.05) is 21.8 Å². The highest BCUT2D eigenvalue weighted by molar-refractivity contribution is 9.10. The summed E-state index contributed by atoms with van der Waals surface area (Å²) in [6.45, 7) is -1.14. The molecule has 1 amide bonds. The first kappa shape index (κ1) is 18.9. The molecule has 7 heteroatoms. The first-order valence-electron chi connectivity index (χ1n) is 7.27. The summed E-state index contributed by atoms with van der Waals surface area (Å²) >= 11 is 3.34. The molecule has 0 radical (unpaired) electrons. The van der Waals surface area contributed by atoms with E-state index in [0.717, 1.165) is 10.0 Å². The zero-order valence-corrected chi connectivity index (χ0v) is 15.1. The number of carbonyl (C=O) groups is 1. The van der Waals surface area contributed by atoms with Crippen molar-refractivity contribution in [2.24, 2.45) is 0 Å². The monoisotopic (exact) mass is 411 g/mol. The molecule has 0 saturated carbocycles. The molecule has 25 heavy (non-hydrogen) atoms. The van der Waals surface area contributed by atoms with E-state index in [1.807, 2.05) is 19.1 Å². The lowest BCUT2D eigenvalue weighted by Gasteiger charge is -2.12. The van der Waals surface area contributed by atoms with E-state index in [2.05, 4.69) is 26.0 Å². The second-order valence-corrected chi connectivity index (χ2v) is 5.95. The van der Waals surface area contributed by atoms with Crippen molar-refractivity contribution in [2.75, 3.05) is 12.4 Å². The molecule has 0 aliphatic carbocycles. The smallest absolute Gasteiger partial charge is 0.387 e. The molecule has 0 heterocycles. The van der Waals surface area contributed by atoms with Crippen LogP contribution in [0.4, 0.5) is 14.5 Å². The predicted molar refractivity (Wildman–Crippen MR) is 96.2 cm³/mol. The van der Waals surface area contributed by atoms with Crippen molar-refractivity contribution >= 4 is 33.6 Å². The molecule has 0 fully saturated rings. The van der Waals surface area contributed by atoms with Crippen LogP contribution in [0.1, 0.15) is 11.1 Å². The van der Waals surface area contributed by atoms with Gasteiger partial charge >= 0.3 is 6.61 Å². The van der Waals surface area contributed by atoms with Crippen LogP contribution in [0.3, 0.4) is 0 Å². The molecule has 2 aromatic rings. The number of hydrogen-bond donors (Lipinski definition) is 1. The van der Waals surface area contributed by atoms with Crippen molar-refractivity contribution < 1.29 is 23.0 Å². The van der Waals surface area contributed by atoms with Gasteiger partial charge in [0.25, 0.3) is 0 Å². The van der Waals surface area contributed by atoms with Gasteiger partial charge in [0.2, 0.25) is 5.91 Å². The average Bonchev–Trinajstić information content (AvgIpc) is 2.56. The van der Waals surface area contributed by atoms with Crippen LogP contribution in [-0.2, 0) is 4.79 Å². The second-order valence-electron chi connectivity index (χ2n) is 5.04. The number of carbonyl (C=O) groups excluding carboxylic acids is 1. The summed E-state index contributed by atoms with van der Waals surface area (Å²) in [6, 6.07) is 10.2. The fraction of sp³-hybridized carbons (Fsp3) is 0.167. The number of aryl methyl sites for hydroxylation is 1. The molecule has 0 aromatic heterocycles. The number of amides is 1. The fourth-order valence-corrected chi connectivity index (χ4v) is 2.47. The van der Waals surface area contributed by atoms with E-state index in [9.17, 15) is 13.6 Å². The lowest BCUT2D eigenvalue weighted by atomic mass is 10.1. The van der Waals surface area contributed by atoms with Crippen LogP contribution in [-0.4, -0.2) is 19.6 Å². The van der Waals surface area contributed by atoms with Gasteiger partial charge in [-0.3, -0.25) is 4.79 Å². The molecule has 0 bridgehead atoms. The fourth-order valence-electron chi connectivity index (χ4n) is 2.11. The Hall–Kier alpha value is -2.41. The van der Waals surface area contributed by atoms with E-state index in [0.29, 0.717) is 11.3 Å². The molecule has 2 aromatic carbocycles. The van der Waals surface area contributed by atoms with Crippen molar-refractivity contribution in [3.8, 4) is 11.5 Å². The van der Waals surface area contributed by atoms with Crippen molar-refractivity contribution in [2.45, 2.75) is 13.5 Å². The van der Waals surface area contributed by atoms with E-state index in [4.69, 9.17) is 4.74 Å². The van der Waals surface area contributed by atoms with Gasteiger partial charge in [-0.05, 0) is 36.8 Å². The normalized spacial score (nSPS) is 11.0. The van der Waals surface area contributed by atoms with Crippen LogP contribution >= 0.6 is 15.9 Å². The second kappa shape index (κ2) is 8.62. The summed E-state index contributed by atoms with van der Waals surface area (Å²) in [4.78, 5) is 12.1. The number of alkyl halides is 2. The Labute approximate surface area is 152 Å². The van der Waals surface area contributed by atoms with E-state index in [-0.39, 0.29) is 11.5 Å². The Bertz CT molecular complexity index is 794. The van der Waals surface area contributed by atoms with Crippen LogP contribution in [0, 0.1) is 6.92 Å². The number of methoxy groups -OCH3 is 1. The zero-order chi connectivity index (χ0) is 18.4. The van der Waals surface area contributed by atoms with Gasteiger partial charge in [-0.2, -0.15) is 8.78 Å². The Kier molecular flexibility index (Phi) is 6.52. The largest absolute Gasteiger partial charge is 0.493 e. The number of nitrogens with one attached hydrogen (secondary N) is 1. The third-order valence-corrected chi connectivity index (χ3v) is 3.80. The highest BCUT2D eigenvalue weighted by Crippen LogP contribution is 2.33. The molecule has 0 spiro atoms. The van der Waals surface area contributed by atoms with Gasteiger partial charge in [0.15, 0.2) is 11.5 Å². The maximum Gasteiger partial charge on any atom is 0.387 e. The summed E-state index contributed by atoms with van der Waals surface area (Å²) in [5, 5.41) is 2.73. The van der Waals surface area contributed by atoms with E-state index >= 15 is 0 Å². The number of rotatable bonds is 6. The Morgan fingerprint density at radius 2 is 2.04 bits per heavy atom. The van der Waals surface area contributed by atoms with Gasteiger partial charge in [-0.25, -0.2) is 0 Å². The van der Waals surface area contributed by atoms with Crippen LogP contribution in [0.2, 0.25) is 0 Å². The quantitative estimate of drug-likeness (QED) is 0.678. The summed E-state index contributed by atoms with van der Waals surface area (Å²) in [5.41, 5.74) is 1.85. The minimum atomic E-state index is -3.00. The van der Waals surface area contributed by atoms with Crippen molar-refractivity contribution in [1.29, 1.82) is 0 Å². The van der Waals surface area contributed by atoms with Crippen LogP contribution in [0.5, 0.6) is 11.5 Å². The lowest BCUT2D eigenvalue weighted by Crippen LogP contribution is -2.09. The summed E-state index contributed by atoms with van der Waals surface area (Å²) in [7, 11) is 1.35. The predicted octanol–water partition coefficient (Wildman–Crippen LogP) is 5.02. The summed E-state index contributed by atoms with van der Waals surface area (Å²) in [6.07, 6.45) is 2.64. The first-order chi connectivity index (χ1) is 11.9. The topological polar surface area (TPSA) is 47.6 Å². The minimum absolute atomic E-state index is 0.123. The third-order valence-electron chi connectivity index (χ3n) is 3.31. The van der Waals surface area contributed by atoms with Gasteiger partial charge < -0.3 is 14.8 Å². The highest BCUT2D eigenvalue weighted by Gasteiger charge is 2.14. The first-order valence-corrected chi connectivity index (χ1v) is 8.07. The molecule has 0 aliphatic heterocycles. The van der Waals surface area contributed by atoms with Crippen LogP contribution < -0.4 is 14.8 Å². The zero-order valence-electron chi connectivity index (χ0n) is 13.6. The molecule has 0 aliphatic rings. The number of anilines is 1. The number of halogens is 3. The minimum Gasteiger partial charge on any atom is -0.493 e. The molecule has 132 valence electrons. The molecular formula is C18H16BrF2NO3. The summed E-state index contributed by atoms with van der Waals surface area (Å²) in [5.74, 6) is -0.361. The Balaban J connectivity index is 2.20. The number of ether oxygens (including phenoxy) is 2. The van der Waals surface area contributed by atoms with Gasteiger partial charge in [-0.1, -0.05) is 34.1 Å². The molecule has 0 unspecified atom stereocenters. The molecule has 2 rings (SSSR count). The molecular weight excluding hydrogens is 396 g/mol. The SMILES string of the molecule is COc1cccc(C=CC(=O)Nc2cc(Br)ccc2C)c1OC(F)F. The van der Waals surface area contributed by atoms with Gasteiger partial charge in [0.05, 0.1) is 7.11 Å². The van der Waals surface area contributed by atoms with E-state index in [1.165, 1.54) is 25.3 Å². The van der Waals surface area contributed by atoms with Crippen molar-refractivity contribution in [3.05, 3.63) is 58.1 Å². The lowest BCUT2D eigenvalue weighted by molar-refractivity contribution is -0.111. The van der Waals surface area contributed by atoms with Gasteiger partial charge in [0.1, 0.15) is 0 Å². The van der Waals surface area contributed by atoms with Crippen molar-refractivity contribution in [3.63, 3.8) is 0 Å². The summed E-state index contributed by atoms with van der Waals surface area (Å²) < 4.78 is 35.6. The maximum atomic E-state index is 12.6. The maximum absolute atomic E-state index is 12.6. The van der Waals surface area contributed by atoms with Crippen LogP contribution in [0.15, 0.2) is 46.9 Å². The molecule has 0 saturated heterocycles. The van der Waals surface area contributed by atoms with Gasteiger partial charge in [-0.15, -0.1) is 0 Å². The molecule has 1 N–H and O–H groups in total. The highest BCUT2D eigenvalue weighted by atomic mass is 79.9. The van der Waals surface area contributed by atoms with E-state index < -0.39 is 12.5 Å². The third kappa shape index (κ3) is 5.29. The standard InChI is InChI=1S/C18H16BrF2NO3/c1-11-6-8-13(19)10-14(11)22-16(23)9-7-12-4-3-5-15(24-2)17(12)25-18(20)21/h3-10,18H,1-2H3,(H,22,23). The number of hydrogen-bond acceptors (Lipinski definition) is 3. The van der Waals surface area contributed by atoms with Crippen molar-refractivity contribution in [1.82, 2.24) is 0 Å². The van der Waals surface area contributed by atoms with Crippen LogP contribution in [0.25, 0.3) is 6.08 Å². The van der Waals surface area contributed by atoms with E-state index in [1.54, 1.807) is 18.2 Å². The Morgan fingerprint density at radius 3 is 2.72 bits per heavy atom. The molecule has 0 atom stereocenters. The molecule has 4 nitrogen and oxygen atoms in total. The average molecular weight is 412 g/mol. The number of para-hydroxylation sites is 1.